The van der Waals surface area contributed by atoms with E-state index in [1.807, 2.05) is 36.4 Å². The quantitative estimate of drug-likeness (QED) is 0.119. The third kappa shape index (κ3) is 7.62. The fourth-order valence-corrected chi connectivity index (χ4v) is 7.77. The third-order valence-electron chi connectivity index (χ3n) is 10.3. The number of aryl methyl sites for hydroxylation is 1. The van der Waals surface area contributed by atoms with Crippen molar-refractivity contribution in [2.75, 3.05) is 19.7 Å². The van der Waals surface area contributed by atoms with Crippen molar-refractivity contribution in [3.8, 4) is 28.5 Å². The first-order valence-electron chi connectivity index (χ1n) is 17.7. The van der Waals surface area contributed by atoms with Crippen LogP contribution in [0.4, 0.5) is 0 Å². The first-order chi connectivity index (χ1) is 24.2. The Bertz CT molecular complexity index is 1990. The molecular weight excluding hydrogens is 684 g/mol. The minimum Gasteiger partial charge on any atom is -0.492 e. The second kappa shape index (κ2) is 15.6. The molecule has 1 aliphatic carbocycles. The van der Waals surface area contributed by atoms with Gasteiger partial charge in [-0.1, -0.05) is 72.8 Å². The summed E-state index contributed by atoms with van der Waals surface area (Å²) < 4.78 is 21.0. The third-order valence-corrected chi connectivity index (χ3v) is 10.3. The van der Waals surface area contributed by atoms with Crippen LogP contribution >= 0.6 is 17.0 Å². The number of benzene rings is 5. The van der Waals surface area contributed by atoms with Crippen LogP contribution in [0.25, 0.3) is 22.2 Å². The maximum atomic E-state index is 6.26. The van der Waals surface area contributed by atoms with E-state index in [0.29, 0.717) is 13.2 Å². The molecule has 0 spiro atoms. The van der Waals surface area contributed by atoms with Crippen molar-refractivity contribution in [3.63, 3.8) is 0 Å². The van der Waals surface area contributed by atoms with Crippen molar-refractivity contribution >= 4 is 27.9 Å². The number of rotatable bonds is 13. The maximum absolute atomic E-state index is 6.26. The molecule has 2 heterocycles. The van der Waals surface area contributed by atoms with Crippen LogP contribution in [0.15, 0.2) is 127 Å². The lowest BCUT2D eigenvalue weighted by Gasteiger charge is -2.26. The Balaban J connectivity index is 0.00000392. The number of hydrogen-bond acceptors (Lipinski definition) is 4. The van der Waals surface area contributed by atoms with Gasteiger partial charge >= 0.3 is 0 Å². The van der Waals surface area contributed by atoms with E-state index in [1.54, 1.807) is 0 Å². The molecule has 5 aromatic carbocycles. The Hall–Kier alpha value is -4.52. The van der Waals surface area contributed by atoms with Crippen LogP contribution < -0.4 is 14.2 Å². The molecule has 6 aromatic rings. The van der Waals surface area contributed by atoms with E-state index in [-0.39, 0.29) is 17.0 Å². The van der Waals surface area contributed by atoms with Crippen LogP contribution in [0.3, 0.4) is 0 Å². The number of halogens is 1. The second-order valence-corrected chi connectivity index (χ2v) is 13.6. The van der Waals surface area contributed by atoms with E-state index < -0.39 is 0 Å². The van der Waals surface area contributed by atoms with Gasteiger partial charge in [0.25, 0.3) is 0 Å². The molecule has 2 aliphatic rings. The highest BCUT2D eigenvalue weighted by molar-refractivity contribution is 8.93. The number of fused-ring (bicyclic) bond motifs is 3. The van der Waals surface area contributed by atoms with E-state index >= 15 is 0 Å². The lowest BCUT2D eigenvalue weighted by molar-refractivity contribution is 0.172. The van der Waals surface area contributed by atoms with Gasteiger partial charge in [-0.15, -0.1) is 17.0 Å². The summed E-state index contributed by atoms with van der Waals surface area (Å²) in [6, 6.07) is 45.0. The smallest absolute Gasteiger partial charge is 0.120 e. The molecule has 1 saturated heterocycles. The maximum Gasteiger partial charge on any atom is 0.120 e. The Labute approximate surface area is 306 Å². The zero-order valence-corrected chi connectivity index (χ0v) is 30.4. The first kappa shape index (κ1) is 34.0. The monoisotopic (exact) mass is 728 g/mol. The van der Waals surface area contributed by atoms with Crippen molar-refractivity contribution < 1.29 is 14.2 Å². The van der Waals surface area contributed by atoms with Crippen LogP contribution in [0.5, 0.6) is 17.2 Å². The van der Waals surface area contributed by atoms with Crippen molar-refractivity contribution in [1.29, 1.82) is 0 Å². The van der Waals surface area contributed by atoms with Crippen LogP contribution in [-0.2, 0) is 19.8 Å². The minimum absolute atomic E-state index is 0. The molecule has 6 heteroatoms. The number of hydrogen-bond donors (Lipinski definition) is 0. The van der Waals surface area contributed by atoms with Gasteiger partial charge in [0, 0.05) is 36.6 Å². The van der Waals surface area contributed by atoms with Crippen LogP contribution in [0.1, 0.15) is 41.5 Å². The van der Waals surface area contributed by atoms with Gasteiger partial charge in [0.15, 0.2) is 0 Å². The molecule has 8 rings (SSSR count). The SMILES string of the molecule is Br.Cc1c(-c2ccc(OCc3ccccc3)cc2)n(Cc2ccc(OCCN3C[C@@H]4CC[C@H]3C4)cc2)c2ccc(OCc3ccccc3)cc12. The van der Waals surface area contributed by atoms with Crippen LogP contribution in [-0.4, -0.2) is 35.2 Å². The molecule has 1 aromatic heterocycles. The topological polar surface area (TPSA) is 35.9 Å². The van der Waals surface area contributed by atoms with Gasteiger partial charge in [0.1, 0.15) is 37.1 Å². The van der Waals surface area contributed by atoms with Crippen molar-refractivity contribution in [2.45, 2.75) is 52.0 Å². The van der Waals surface area contributed by atoms with E-state index in [4.69, 9.17) is 14.2 Å². The molecule has 5 nitrogen and oxygen atoms in total. The largest absolute Gasteiger partial charge is 0.492 e. The molecule has 256 valence electrons. The van der Waals surface area contributed by atoms with E-state index in [0.717, 1.165) is 65.6 Å². The number of likely N-dealkylation sites (tertiary alicyclic amines) is 1. The number of aromatic nitrogens is 1. The van der Waals surface area contributed by atoms with Gasteiger partial charge in [0.05, 0.1) is 5.69 Å². The Morgan fingerprint density at radius 2 is 1.26 bits per heavy atom. The predicted molar refractivity (Wildman–Crippen MR) is 208 cm³/mol. The summed E-state index contributed by atoms with van der Waals surface area (Å²) >= 11 is 0. The minimum atomic E-state index is 0. The van der Waals surface area contributed by atoms with E-state index in [2.05, 4.69) is 107 Å². The molecule has 50 heavy (non-hydrogen) atoms. The van der Waals surface area contributed by atoms with Gasteiger partial charge in [-0.05, 0) is 115 Å². The molecule has 2 fully saturated rings. The Kier molecular flexibility index (Phi) is 10.6. The zero-order valence-electron chi connectivity index (χ0n) is 28.7. The van der Waals surface area contributed by atoms with Crippen molar-refractivity contribution in [2.24, 2.45) is 5.92 Å². The van der Waals surface area contributed by atoms with Crippen LogP contribution in [0.2, 0.25) is 0 Å². The van der Waals surface area contributed by atoms with Crippen molar-refractivity contribution in [3.05, 3.63) is 150 Å². The highest BCUT2D eigenvalue weighted by Gasteiger charge is 2.37. The molecule has 0 radical (unpaired) electrons. The molecular formula is C44H45BrN2O3. The molecule has 0 amide bonds. The normalized spacial score (nSPS) is 16.7. The summed E-state index contributed by atoms with van der Waals surface area (Å²) in [5.74, 6) is 3.59. The van der Waals surface area contributed by atoms with Crippen molar-refractivity contribution in [1.82, 2.24) is 9.47 Å². The average molecular weight is 730 g/mol. The second-order valence-electron chi connectivity index (χ2n) is 13.6. The molecule has 0 unspecified atom stereocenters. The number of ether oxygens (including phenoxy) is 3. The zero-order chi connectivity index (χ0) is 33.0. The fourth-order valence-electron chi connectivity index (χ4n) is 7.77. The summed E-state index contributed by atoms with van der Waals surface area (Å²) in [5, 5.41) is 1.19. The van der Waals surface area contributed by atoms with Gasteiger partial charge in [-0.3, -0.25) is 4.90 Å². The average Bonchev–Trinajstić information content (AvgIpc) is 3.85. The lowest BCUT2D eigenvalue weighted by Crippen LogP contribution is -2.35. The molecule has 1 aliphatic heterocycles. The summed E-state index contributed by atoms with van der Waals surface area (Å²) in [7, 11) is 0. The number of piperidine rings is 1. The van der Waals surface area contributed by atoms with Gasteiger partial charge in [-0.25, -0.2) is 0 Å². The fraction of sp³-hybridized carbons (Fsp3) is 0.273. The highest BCUT2D eigenvalue weighted by Crippen LogP contribution is 2.38. The molecule has 0 N–H and O–H groups in total. The molecule has 2 atom stereocenters. The first-order valence-corrected chi connectivity index (χ1v) is 17.7. The van der Waals surface area contributed by atoms with Gasteiger partial charge in [-0.2, -0.15) is 0 Å². The summed E-state index contributed by atoms with van der Waals surface area (Å²) in [5.41, 5.74) is 8.31. The lowest BCUT2D eigenvalue weighted by atomic mass is 10.1. The Morgan fingerprint density at radius 3 is 1.90 bits per heavy atom. The van der Waals surface area contributed by atoms with Crippen LogP contribution in [0, 0.1) is 12.8 Å². The highest BCUT2D eigenvalue weighted by atomic mass is 79.9. The summed E-state index contributed by atoms with van der Waals surface area (Å²) in [6.45, 7) is 7.07. The van der Waals surface area contributed by atoms with Gasteiger partial charge in [0.2, 0.25) is 0 Å². The predicted octanol–water partition coefficient (Wildman–Crippen LogP) is 10.3. The molecule has 1 saturated carbocycles. The Morgan fingerprint density at radius 1 is 0.640 bits per heavy atom. The standard InChI is InChI=1S/C44H44N2O3.BrH/c1-32-42-27-41(49-31-35-10-6-3-7-11-35)22-23-43(42)46(44(32)37-15-20-40(21-16-37)48-30-34-8-4-2-5-9-34)29-33-13-18-39(19-14-33)47-25-24-45-28-36-12-17-38(45)26-36;/h2-11,13-16,18-23,27,36,38H,12,17,24-26,28-31H2,1H3;1H/t36-,38+;/m1./s1. The van der Waals surface area contributed by atoms with Gasteiger partial charge < -0.3 is 18.8 Å². The molecule has 2 bridgehead atoms. The summed E-state index contributed by atoms with van der Waals surface area (Å²) in [6.07, 6.45) is 4.17. The number of nitrogens with zero attached hydrogens (tertiary/aromatic N) is 2. The van der Waals surface area contributed by atoms with E-state index in [1.165, 1.54) is 53.5 Å². The van der Waals surface area contributed by atoms with E-state index in [9.17, 15) is 0 Å². The summed E-state index contributed by atoms with van der Waals surface area (Å²) in [4.78, 5) is 2.63.